The average molecular weight is 443 g/mol. The number of fused-ring (bicyclic) bond motifs is 1. The summed E-state index contributed by atoms with van der Waals surface area (Å²) in [7, 11) is 1.69. The molecule has 0 bridgehead atoms. The van der Waals surface area contributed by atoms with Gasteiger partial charge in [-0.25, -0.2) is 4.99 Å². The molecule has 4 rings (SSSR count). The van der Waals surface area contributed by atoms with Crippen molar-refractivity contribution in [2.45, 2.75) is 13.8 Å². The summed E-state index contributed by atoms with van der Waals surface area (Å²) in [6.07, 6.45) is 4.19. The Morgan fingerprint density at radius 3 is 2.64 bits per heavy atom. The Morgan fingerprint density at radius 1 is 1.16 bits per heavy atom. The Kier molecular flexibility index (Phi) is 4.03. The molecular formula is C20H18IN3O. The van der Waals surface area contributed by atoms with Crippen LogP contribution in [0.1, 0.15) is 17.0 Å². The molecule has 3 aromatic rings. The number of halogens is 1. The van der Waals surface area contributed by atoms with Gasteiger partial charge in [0.2, 0.25) is 0 Å². The molecule has 0 aliphatic carbocycles. The number of methoxy groups -OCH3 is 1. The lowest BCUT2D eigenvalue weighted by Gasteiger charge is -1.94. The lowest BCUT2D eigenvalue weighted by molar-refractivity contribution is 0.412. The molecule has 1 aromatic carbocycles. The Balaban J connectivity index is 1.93. The first-order valence-corrected chi connectivity index (χ1v) is 9.14. The van der Waals surface area contributed by atoms with Gasteiger partial charge in [-0.15, -0.1) is 0 Å². The number of nitrogens with zero attached hydrogens (tertiary/aromatic N) is 1. The molecule has 0 spiro atoms. The fourth-order valence-corrected chi connectivity index (χ4v) is 3.49. The second-order valence-corrected chi connectivity index (χ2v) is 7.19. The zero-order valence-electron chi connectivity index (χ0n) is 14.3. The second kappa shape index (κ2) is 6.22. The van der Waals surface area contributed by atoms with Crippen molar-refractivity contribution < 1.29 is 4.74 Å². The highest BCUT2D eigenvalue weighted by molar-refractivity contribution is 14.1. The molecular weight excluding hydrogens is 425 g/mol. The normalized spacial score (nSPS) is 15.8. The molecule has 0 fully saturated rings. The summed E-state index contributed by atoms with van der Waals surface area (Å²) < 4.78 is 6.83. The maximum atomic E-state index is 5.56. The number of para-hydroxylation sites is 1. The maximum absolute atomic E-state index is 5.56. The molecule has 0 saturated carbocycles. The van der Waals surface area contributed by atoms with Crippen LogP contribution in [0.25, 0.3) is 17.8 Å². The zero-order chi connectivity index (χ0) is 17.6. The van der Waals surface area contributed by atoms with Crippen LogP contribution in [-0.4, -0.2) is 17.1 Å². The third kappa shape index (κ3) is 2.82. The van der Waals surface area contributed by atoms with Crippen molar-refractivity contribution in [3.63, 3.8) is 0 Å². The van der Waals surface area contributed by atoms with Crippen LogP contribution in [0.4, 0.5) is 0 Å². The Hall–Kier alpha value is -2.28. The lowest BCUT2D eigenvalue weighted by atomic mass is 10.2. The molecule has 25 heavy (non-hydrogen) atoms. The van der Waals surface area contributed by atoms with E-state index in [4.69, 9.17) is 9.73 Å². The highest BCUT2D eigenvalue weighted by Crippen LogP contribution is 2.20. The maximum Gasteiger partial charge on any atom is 0.144 e. The van der Waals surface area contributed by atoms with Gasteiger partial charge >= 0.3 is 0 Å². The summed E-state index contributed by atoms with van der Waals surface area (Å²) in [5.41, 5.74) is 4.44. The molecule has 3 heterocycles. The number of nitrogens with one attached hydrogen (secondary N) is 2. The van der Waals surface area contributed by atoms with Gasteiger partial charge in [0.25, 0.3) is 0 Å². The largest absolute Gasteiger partial charge is 0.494 e. The summed E-state index contributed by atoms with van der Waals surface area (Å²) in [4.78, 5) is 11.6. The van der Waals surface area contributed by atoms with Gasteiger partial charge in [0.05, 0.1) is 28.9 Å². The Bertz CT molecular complexity index is 1180. The predicted molar refractivity (Wildman–Crippen MR) is 108 cm³/mol. The third-order valence-corrected chi connectivity index (χ3v) is 6.07. The first kappa shape index (κ1) is 16.2. The number of hydrogen-bond donors (Lipinski definition) is 2. The summed E-state index contributed by atoms with van der Waals surface area (Å²) in [6, 6.07) is 10.1. The average Bonchev–Trinajstić information content (AvgIpc) is 3.28. The van der Waals surface area contributed by atoms with Crippen LogP contribution < -0.4 is 26.0 Å². The first-order chi connectivity index (χ1) is 12.1. The van der Waals surface area contributed by atoms with E-state index in [1.165, 1.54) is 14.8 Å². The van der Waals surface area contributed by atoms with Gasteiger partial charge < -0.3 is 14.7 Å². The van der Waals surface area contributed by atoms with E-state index in [9.17, 15) is 0 Å². The minimum atomic E-state index is 0.809. The van der Waals surface area contributed by atoms with Crippen LogP contribution in [0.3, 0.4) is 0 Å². The van der Waals surface area contributed by atoms with Crippen molar-refractivity contribution in [1.82, 2.24) is 9.97 Å². The van der Waals surface area contributed by atoms with Crippen LogP contribution >= 0.6 is 22.6 Å². The summed E-state index contributed by atoms with van der Waals surface area (Å²) in [5, 5.41) is 4.03. The number of aryl methyl sites for hydroxylation is 1. The van der Waals surface area contributed by atoms with Gasteiger partial charge in [-0.2, -0.15) is 0 Å². The van der Waals surface area contributed by atoms with Crippen molar-refractivity contribution in [1.29, 1.82) is 0 Å². The van der Waals surface area contributed by atoms with Gasteiger partial charge in [0, 0.05) is 26.2 Å². The number of hydrogen-bond acceptors (Lipinski definition) is 2. The van der Waals surface area contributed by atoms with Gasteiger partial charge in [0.15, 0.2) is 0 Å². The van der Waals surface area contributed by atoms with E-state index >= 15 is 0 Å². The van der Waals surface area contributed by atoms with Crippen LogP contribution in [0, 0.1) is 17.4 Å². The number of aromatic nitrogens is 2. The first-order valence-electron chi connectivity index (χ1n) is 8.06. The highest BCUT2D eigenvalue weighted by atomic mass is 127. The van der Waals surface area contributed by atoms with E-state index in [1.807, 2.05) is 24.3 Å². The van der Waals surface area contributed by atoms with Crippen LogP contribution in [-0.2, 0) is 0 Å². The van der Waals surface area contributed by atoms with E-state index in [0.29, 0.717) is 0 Å². The molecule has 0 atom stereocenters. The lowest BCUT2D eigenvalue weighted by Crippen LogP contribution is -2.19. The molecule has 0 amide bonds. The summed E-state index contributed by atoms with van der Waals surface area (Å²) in [6.45, 7) is 4.21. The smallest absolute Gasteiger partial charge is 0.144 e. The molecule has 0 radical (unpaired) electrons. The molecule has 1 aliphatic rings. The Labute approximate surface area is 158 Å². The third-order valence-electron chi connectivity index (χ3n) is 4.45. The fraction of sp³-hybridized carbons (Fsp3) is 0.150. The summed E-state index contributed by atoms with van der Waals surface area (Å²) >= 11 is 2.37. The number of rotatable bonds is 2. The van der Waals surface area contributed by atoms with Gasteiger partial charge in [0.1, 0.15) is 5.75 Å². The molecule has 5 heteroatoms. The van der Waals surface area contributed by atoms with Crippen LogP contribution in [0.15, 0.2) is 35.3 Å². The monoisotopic (exact) mass is 443 g/mol. The minimum absolute atomic E-state index is 0.809. The van der Waals surface area contributed by atoms with Crippen molar-refractivity contribution >= 4 is 40.4 Å². The van der Waals surface area contributed by atoms with E-state index in [2.05, 4.69) is 64.6 Å². The number of benzene rings is 1. The van der Waals surface area contributed by atoms with Crippen LogP contribution in [0.2, 0.25) is 0 Å². The van der Waals surface area contributed by atoms with Crippen molar-refractivity contribution in [2.24, 2.45) is 4.99 Å². The standard InChI is InChI=1S/C20H18IN3O/c1-11-15(22-12(2)20(11)21)9-18-19(25-3)10-17(24-18)16-8-13-6-4-5-7-14(13)23-16/h4-10,22,24H,1-3H3. The molecule has 4 nitrogen and oxygen atoms in total. The van der Waals surface area contributed by atoms with Gasteiger partial charge in [-0.3, -0.25) is 0 Å². The molecule has 1 aliphatic heterocycles. The quantitative estimate of drug-likeness (QED) is 0.582. The molecule has 0 saturated heterocycles. The Morgan fingerprint density at radius 2 is 1.96 bits per heavy atom. The molecule has 2 aromatic heterocycles. The van der Waals surface area contributed by atoms with E-state index in [-0.39, 0.29) is 0 Å². The highest BCUT2D eigenvalue weighted by Gasteiger charge is 2.09. The minimum Gasteiger partial charge on any atom is -0.494 e. The molecule has 2 N–H and O–H groups in total. The van der Waals surface area contributed by atoms with E-state index in [0.717, 1.165) is 38.4 Å². The topological polar surface area (TPSA) is 53.2 Å². The van der Waals surface area contributed by atoms with Gasteiger partial charge in [-0.05, 0) is 60.2 Å². The van der Waals surface area contributed by atoms with Crippen molar-refractivity contribution in [2.75, 3.05) is 7.11 Å². The number of H-pyrrole nitrogens is 2. The molecule has 126 valence electrons. The van der Waals surface area contributed by atoms with E-state index in [1.54, 1.807) is 7.11 Å². The van der Waals surface area contributed by atoms with Crippen molar-refractivity contribution in [3.8, 4) is 5.75 Å². The summed E-state index contributed by atoms with van der Waals surface area (Å²) in [5.74, 6) is 0.809. The van der Waals surface area contributed by atoms with Crippen LogP contribution in [0.5, 0.6) is 5.75 Å². The van der Waals surface area contributed by atoms with E-state index < -0.39 is 0 Å². The zero-order valence-corrected chi connectivity index (χ0v) is 16.4. The fourth-order valence-electron chi connectivity index (χ4n) is 3.06. The molecule has 0 unspecified atom stereocenters. The number of ether oxygens (including phenoxy) is 1. The van der Waals surface area contributed by atoms with Gasteiger partial charge in [-0.1, -0.05) is 18.2 Å². The second-order valence-electron chi connectivity index (χ2n) is 6.11. The van der Waals surface area contributed by atoms with Crippen molar-refractivity contribution in [3.05, 3.63) is 72.1 Å². The SMILES string of the molecule is COc1cc(=C2C=c3ccccc3=N2)[nH]c1=Cc1[nH]c(C)c(I)c1C. The predicted octanol–water partition coefficient (Wildman–Crippen LogP) is 1.62. The number of aromatic amines is 2.